The number of piperidine rings is 1. The Bertz CT molecular complexity index is 749. The van der Waals surface area contributed by atoms with E-state index in [9.17, 15) is 4.79 Å². The van der Waals surface area contributed by atoms with Gasteiger partial charge in [-0.15, -0.1) is 36.2 Å². The van der Waals surface area contributed by atoms with Crippen molar-refractivity contribution in [3.8, 4) is 0 Å². The van der Waals surface area contributed by atoms with Crippen LogP contribution < -0.4 is 11.0 Å². The average molecular weight is 422 g/mol. The van der Waals surface area contributed by atoms with Crippen molar-refractivity contribution in [2.75, 3.05) is 13.1 Å². The molecule has 1 fully saturated rings. The van der Waals surface area contributed by atoms with Gasteiger partial charge in [0.25, 0.3) is 0 Å². The van der Waals surface area contributed by atoms with Crippen LogP contribution in [0.15, 0.2) is 4.79 Å². The van der Waals surface area contributed by atoms with Crippen LogP contribution >= 0.6 is 36.2 Å². The van der Waals surface area contributed by atoms with Crippen molar-refractivity contribution >= 4 is 36.2 Å². The summed E-state index contributed by atoms with van der Waals surface area (Å²) < 4.78 is 3.47. The molecule has 3 heterocycles. The van der Waals surface area contributed by atoms with Crippen molar-refractivity contribution in [3.05, 3.63) is 31.9 Å². The number of nitrogens with zero attached hydrogens (tertiary/aromatic N) is 4. The Balaban J connectivity index is 0.00000169. The quantitative estimate of drug-likeness (QED) is 0.778. The molecule has 6 nitrogen and oxygen atoms in total. The fraction of sp³-hybridized carbons (Fsp3) is 0.706. The van der Waals surface area contributed by atoms with Crippen LogP contribution in [0.2, 0.25) is 0 Å². The van der Waals surface area contributed by atoms with Gasteiger partial charge in [0, 0.05) is 17.8 Å². The predicted octanol–water partition coefficient (Wildman–Crippen LogP) is 2.83. The topological polar surface area (TPSA) is 64.7 Å². The highest BCUT2D eigenvalue weighted by molar-refractivity contribution is 7.11. The Morgan fingerprint density at radius 3 is 2.54 bits per heavy atom. The number of hydrogen-bond acceptors (Lipinski definition) is 5. The standard InChI is InChI=1S/C17H27N5OS.2ClH/c1-4-14-15(24-12(3)19-14)11-22-17(23)21(5-2)16(20-22)10-13-6-8-18-9-7-13;;/h13,18H,4-11H2,1-3H3;2*1H. The second kappa shape index (κ2) is 10.4. The van der Waals surface area contributed by atoms with E-state index in [1.54, 1.807) is 16.0 Å². The molecule has 0 amide bonds. The normalized spacial score (nSPS) is 14.7. The monoisotopic (exact) mass is 421 g/mol. The van der Waals surface area contributed by atoms with E-state index < -0.39 is 0 Å². The van der Waals surface area contributed by atoms with Crippen LogP contribution in [0.4, 0.5) is 0 Å². The Hall–Kier alpha value is -0.890. The minimum atomic E-state index is 0. The van der Waals surface area contributed by atoms with Crippen LogP contribution in [0.25, 0.3) is 0 Å². The van der Waals surface area contributed by atoms with Crippen LogP contribution in [-0.4, -0.2) is 32.4 Å². The van der Waals surface area contributed by atoms with Gasteiger partial charge in [0.05, 0.1) is 17.2 Å². The maximum atomic E-state index is 12.7. The number of halogens is 2. The zero-order valence-electron chi connectivity index (χ0n) is 15.7. The third-order valence-electron chi connectivity index (χ3n) is 4.76. The Morgan fingerprint density at radius 1 is 1.23 bits per heavy atom. The van der Waals surface area contributed by atoms with Gasteiger partial charge in [-0.3, -0.25) is 4.57 Å². The molecule has 0 saturated carbocycles. The van der Waals surface area contributed by atoms with Gasteiger partial charge >= 0.3 is 5.69 Å². The molecule has 0 radical (unpaired) electrons. The van der Waals surface area contributed by atoms with Crippen molar-refractivity contribution in [3.63, 3.8) is 0 Å². The van der Waals surface area contributed by atoms with Gasteiger partial charge < -0.3 is 5.32 Å². The van der Waals surface area contributed by atoms with E-state index in [4.69, 9.17) is 0 Å². The van der Waals surface area contributed by atoms with E-state index in [-0.39, 0.29) is 30.5 Å². The average Bonchev–Trinajstić information content (AvgIpc) is 3.08. The van der Waals surface area contributed by atoms with Gasteiger partial charge in [0.1, 0.15) is 5.82 Å². The molecular formula is C17H29Cl2N5OS. The predicted molar refractivity (Wildman–Crippen MR) is 111 cm³/mol. The fourth-order valence-electron chi connectivity index (χ4n) is 3.45. The molecule has 0 aromatic carbocycles. The van der Waals surface area contributed by atoms with Crippen LogP contribution in [0, 0.1) is 12.8 Å². The Kier molecular flexibility index (Phi) is 9.30. The van der Waals surface area contributed by atoms with Crippen LogP contribution in [-0.2, 0) is 25.9 Å². The van der Waals surface area contributed by atoms with E-state index in [0.29, 0.717) is 19.0 Å². The molecule has 1 saturated heterocycles. The molecule has 1 aliphatic heterocycles. The zero-order valence-corrected chi connectivity index (χ0v) is 18.1. The molecule has 2 aromatic rings. The molecule has 148 valence electrons. The number of rotatable bonds is 6. The summed E-state index contributed by atoms with van der Waals surface area (Å²) in [5.41, 5.74) is 1.10. The van der Waals surface area contributed by atoms with E-state index in [2.05, 4.69) is 22.3 Å². The molecule has 0 unspecified atom stereocenters. The molecule has 3 rings (SSSR count). The molecule has 0 bridgehead atoms. The van der Waals surface area contributed by atoms with Gasteiger partial charge in [0.15, 0.2) is 0 Å². The van der Waals surface area contributed by atoms with E-state index >= 15 is 0 Å². The molecule has 0 aliphatic carbocycles. The van der Waals surface area contributed by atoms with Crippen LogP contribution in [0.3, 0.4) is 0 Å². The van der Waals surface area contributed by atoms with E-state index in [1.807, 2.05) is 18.4 Å². The smallest absolute Gasteiger partial charge is 0.317 e. The number of thiazole rings is 1. The summed E-state index contributed by atoms with van der Waals surface area (Å²) in [6.45, 7) is 9.51. The first-order valence-electron chi connectivity index (χ1n) is 8.94. The van der Waals surface area contributed by atoms with Gasteiger partial charge in [-0.2, -0.15) is 5.10 Å². The lowest BCUT2D eigenvalue weighted by atomic mass is 9.94. The zero-order chi connectivity index (χ0) is 17.1. The minimum absolute atomic E-state index is 0. The molecular weight excluding hydrogens is 393 g/mol. The summed E-state index contributed by atoms with van der Waals surface area (Å²) in [5.74, 6) is 1.57. The summed E-state index contributed by atoms with van der Waals surface area (Å²) in [6.07, 6.45) is 4.13. The van der Waals surface area contributed by atoms with Gasteiger partial charge in [-0.05, 0) is 52.1 Å². The Morgan fingerprint density at radius 2 is 1.92 bits per heavy atom. The lowest BCUT2D eigenvalue weighted by Gasteiger charge is -2.21. The number of nitrogens with one attached hydrogen (secondary N) is 1. The second-order valence-corrected chi connectivity index (χ2v) is 7.74. The summed E-state index contributed by atoms with van der Waals surface area (Å²) in [5, 5.41) is 9.13. The summed E-state index contributed by atoms with van der Waals surface area (Å²) in [7, 11) is 0. The second-order valence-electron chi connectivity index (χ2n) is 6.45. The third kappa shape index (κ3) is 5.09. The van der Waals surface area contributed by atoms with Gasteiger partial charge in [-0.1, -0.05) is 6.92 Å². The van der Waals surface area contributed by atoms with Crippen LogP contribution in [0.1, 0.15) is 48.1 Å². The highest BCUT2D eigenvalue weighted by Gasteiger charge is 2.20. The number of aryl methyl sites for hydroxylation is 2. The molecule has 9 heteroatoms. The van der Waals surface area contributed by atoms with E-state index in [1.165, 1.54) is 12.8 Å². The first-order valence-corrected chi connectivity index (χ1v) is 9.76. The largest absolute Gasteiger partial charge is 0.346 e. The van der Waals surface area contributed by atoms with Crippen molar-refractivity contribution in [2.24, 2.45) is 5.92 Å². The number of hydrogen-bond donors (Lipinski definition) is 1. The first kappa shape index (κ1) is 23.1. The van der Waals surface area contributed by atoms with Crippen LogP contribution in [0.5, 0.6) is 0 Å². The SMILES string of the molecule is CCc1nc(C)sc1Cn1nc(CC2CCNCC2)n(CC)c1=O.Cl.Cl. The van der Waals surface area contributed by atoms with E-state index in [0.717, 1.165) is 47.3 Å². The lowest BCUT2D eigenvalue weighted by molar-refractivity contribution is 0.362. The fourth-order valence-corrected chi connectivity index (χ4v) is 4.46. The number of aromatic nitrogens is 4. The van der Waals surface area contributed by atoms with Crippen molar-refractivity contribution in [2.45, 2.75) is 59.5 Å². The van der Waals surface area contributed by atoms with Crippen molar-refractivity contribution in [1.29, 1.82) is 0 Å². The minimum Gasteiger partial charge on any atom is -0.317 e. The molecule has 0 atom stereocenters. The molecule has 0 spiro atoms. The lowest BCUT2D eigenvalue weighted by Crippen LogP contribution is -2.30. The molecule has 1 aliphatic rings. The maximum Gasteiger partial charge on any atom is 0.346 e. The summed E-state index contributed by atoms with van der Waals surface area (Å²) in [6, 6.07) is 0. The highest BCUT2D eigenvalue weighted by Crippen LogP contribution is 2.20. The first-order chi connectivity index (χ1) is 11.6. The third-order valence-corrected chi connectivity index (χ3v) is 5.76. The molecule has 26 heavy (non-hydrogen) atoms. The van der Waals surface area contributed by atoms with Crippen molar-refractivity contribution < 1.29 is 0 Å². The highest BCUT2D eigenvalue weighted by atomic mass is 35.5. The molecule has 1 N–H and O–H groups in total. The summed E-state index contributed by atoms with van der Waals surface area (Å²) >= 11 is 1.67. The summed E-state index contributed by atoms with van der Waals surface area (Å²) in [4.78, 5) is 18.4. The Labute approximate surface area is 171 Å². The van der Waals surface area contributed by atoms with Gasteiger partial charge in [0.2, 0.25) is 0 Å². The maximum absolute atomic E-state index is 12.7. The van der Waals surface area contributed by atoms with Gasteiger partial charge in [-0.25, -0.2) is 14.5 Å². The molecule has 2 aromatic heterocycles. The van der Waals surface area contributed by atoms with Crippen molar-refractivity contribution in [1.82, 2.24) is 24.6 Å².